The Kier molecular flexibility index (Phi) is 8.79. The number of ketones is 2. The van der Waals surface area contributed by atoms with Crippen molar-refractivity contribution in [1.29, 1.82) is 0 Å². The number of carbonyl (C=O) groups excluding carboxylic acids is 4. The van der Waals surface area contributed by atoms with E-state index in [9.17, 15) is 19.2 Å². The number of rotatable bonds is 10. The molecule has 180 valence electrons. The number of carbonyl (C=O) groups is 4. The van der Waals surface area contributed by atoms with Crippen molar-refractivity contribution in [1.82, 2.24) is 0 Å². The number of hydrogen-bond acceptors (Lipinski definition) is 8. The van der Waals surface area contributed by atoms with E-state index < -0.39 is 11.9 Å². The maximum absolute atomic E-state index is 12.4. The van der Waals surface area contributed by atoms with Gasteiger partial charge in [0.15, 0.2) is 11.6 Å². The van der Waals surface area contributed by atoms with Crippen LogP contribution in [0, 0.1) is 11.8 Å². The molecular formula is C26H30N2O6. The summed E-state index contributed by atoms with van der Waals surface area (Å²) in [6, 6.07) is 13.9. The van der Waals surface area contributed by atoms with Gasteiger partial charge < -0.3 is 20.9 Å². The molecule has 0 aliphatic heterocycles. The predicted molar refractivity (Wildman–Crippen MR) is 126 cm³/mol. The Labute approximate surface area is 198 Å². The average molecular weight is 467 g/mol. The Morgan fingerprint density at radius 3 is 1.74 bits per heavy atom. The van der Waals surface area contributed by atoms with Crippen LogP contribution >= 0.6 is 0 Å². The first-order valence-electron chi connectivity index (χ1n) is 11.4. The first-order valence-corrected chi connectivity index (χ1v) is 11.4. The summed E-state index contributed by atoms with van der Waals surface area (Å²) in [4.78, 5) is 48.8. The van der Waals surface area contributed by atoms with E-state index in [4.69, 9.17) is 20.9 Å². The fourth-order valence-corrected chi connectivity index (χ4v) is 3.96. The first-order chi connectivity index (χ1) is 16.3. The van der Waals surface area contributed by atoms with Crippen molar-refractivity contribution in [2.24, 2.45) is 11.8 Å². The zero-order valence-electron chi connectivity index (χ0n) is 19.0. The van der Waals surface area contributed by atoms with Gasteiger partial charge in [-0.15, -0.1) is 0 Å². The van der Waals surface area contributed by atoms with Crippen LogP contribution in [-0.2, 0) is 41.5 Å². The number of Topliss-reactive ketones (excluding diaryl/α,β-unsaturated/α-hetero) is 2. The lowest BCUT2D eigenvalue weighted by atomic mass is 9.80. The molecule has 0 radical (unpaired) electrons. The first kappa shape index (κ1) is 25.0. The molecule has 2 aromatic carbocycles. The number of nitrogens with two attached hydrogens (primary N) is 2. The highest BCUT2D eigenvalue weighted by Crippen LogP contribution is 2.30. The van der Waals surface area contributed by atoms with Crippen molar-refractivity contribution in [3.8, 4) is 0 Å². The summed E-state index contributed by atoms with van der Waals surface area (Å²) in [7, 11) is 0. The standard InChI is InChI=1S/C26H30N2O6/c27-21-9-1-17(2-10-21)13-23(29)15-34-26(32)20-7-5-19(6-8-20)24(30)16-33-25(31)14-18-3-11-22(28)12-4-18/h1-4,9-12,19-20H,5-8,13-16,27-28H2. The van der Waals surface area contributed by atoms with Gasteiger partial charge in [0.1, 0.15) is 13.2 Å². The van der Waals surface area contributed by atoms with Crippen molar-refractivity contribution >= 4 is 34.9 Å². The number of ether oxygens (including phenoxy) is 2. The summed E-state index contributed by atoms with van der Waals surface area (Å²) in [5.41, 5.74) is 14.0. The molecule has 1 saturated carbocycles. The SMILES string of the molecule is Nc1ccc(CC(=O)COC(=O)C2CCC(C(=O)COC(=O)Cc3ccc(N)cc3)CC2)cc1. The van der Waals surface area contributed by atoms with E-state index in [1.165, 1.54) is 0 Å². The minimum Gasteiger partial charge on any atom is -0.457 e. The molecular weight excluding hydrogens is 436 g/mol. The van der Waals surface area contributed by atoms with Crippen molar-refractivity contribution in [3.63, 3.8) is 0 Å². The van der Waals surface area contributed by atoms with Gasteiger partial charge >= 0.3 is 11.9 Å². The molecule has 0 bridgehead atoms. The van der Waals surface area contributed by atoms with Crippen LogP contribution in [0.15, 0.2) is 48.5 Å². The van der Waals surface area contributed by atoms with Crippen LogP contribution in [0.2, 0.25) is 0 Å². The van der Waals surface area contributed by atoms with Crippen LogP contribution in [0.3, 0.4) is 0 Å². The third-order valence-corrected chi connectivity index (χ3v) is 5.98. The lowest BCUT2D eigenvalue weighted by Crippen LogP contribution is -2.30. The largest absolute Gasteiger partial charge is 0.457 e. The monoisotopic (exact) mass is 466 g/mol. The lowest BCUT2D eigenvalue weighted by Gasteiger charge is -2.26. The predicted octanol–water partition coefficient (Wildman–Crippen LogP) is 2.67. The van der Waals surface area contributed by atoms with Gasteiger partial charge in [-0.3, -0.25) is 19.2 Å². The molecule has 4 N–H and O–H groups in total. The van der Waals surface area contributed by atoms with E-state index in [1.54, 1.807) is 48.5 Å². The average Bonchev–Trinajstić information content (AvgIpc) is 2.84. The maximum atomic E-state index is 12.4. The van der Waals surface area contributed by atoms with Gasteiger partial charge in [-0.2, -0.15) is 0 Å². The Balaban J connectivity index is 1.33. The Hall–Kier alpha value is -3.68. The second-order valence-electron chi connectivity index (χ2n) is 8.66. The second-order valence-corrected chi connectivity index (χ2v) is 8.66. The quantitative estimate of drug-likeness (QED) is 0.402. The highest BCUT2D eigenvalue weighted by molar-refractivity contribution is 5.86. The molecule has 0 unspecified atom stereocenters. The molecule has 1 aliphatic rings. The summed E-state index contributed by atoms with van der Waals surface area (Å²) in [5, 5.41) is 0. The molecule has 8 nitrogen and oxygen atoms in total. The van der Waals surface area contributed by atoms with Gasteiger partial charge in [0, 0.05) is 23.7 Å². The summed E-state index contributed by atoms with van der Waals surface area (Å²) in [6.07, 6.45) is 2.29. The molecule has 0 heterocycles. The molecule has 1 aliphatic carbocycles. The summed E-state index contributed by atoms with van der Waals surface area (Å²) >= 11 is 0. The summed E-state index contributed by atoms with van der Waals surface area (Å²) in [6.45, 7) is -0.542. The summed E-state index contributed by atoms with van der Waals surface area (Å²) in [5.74, 6) is -1.80. The highest BCUT2D eigenvalue weighted by atomic mass is 16.5. The van der Waals surface area contributed by atoms with Gasteiger partial charge in [-0.05, 0) is 61.1 Å². The van der Waals surface area contributed by atoms with Crippen LogP contribution in [0.5, 0.6) is 0 Å². The third kappa shape index (κ3) is 7.72. The van der Waals surface area contributed by atoms with Gasteiger partial charge in [-0.25, -0.2) is 0 Å². The van der Waals surface area contributed by atoms with Gasteiger partial charge in [0.25, 0.3) is 0 Å². The number of esters is 2. The second kappa shape index (κ2) is 12.0. The Morgan fingerprint density at radius 1 is 0.676 bits per heavy atom. The van der Waals surface area contributed by atoms with E-state index in [0.717, 1.165) is 11.1 Å². The van der Waals surface area contributed by atoms with E-state index in [1.807, 2.05) is 0 Å². The molecule has 0 amide bonds. The minimum absolute atomic E-state index is 0.0726. The van der Waals surface area contributed by atoms with Crippen molar-refractivity contribution in [2.45, 2.75) is 38.5 Å². The number of benzene rings is 2. The normalized spacial score (nSPS) is 17.5. The Morgan fingerprint density at radius 2 is 1.18 bits per heavy atom. The van der Waals surface area contributed by atoms with Gasteiger partial charge in [0.05, 0.1) is 12.3 Å². The molecule has 0 aromatic heterocycles. The van der Waals surface area contributed by atoms with Crippen LogP contribution in [0.1, 0.15) is 36.8 Å². The zero-order chi connectivity index (χ0) is 24.5. The van der Waals surface area contributed by atoms with Crippen molar-refractivity contribution in [2.75, 3.05) is 24.7 Å². The molecule has 1 fully saturated rings. The van der Waals surface area contributed by atoms with Crippen LogP contribution in [0.4, 0.5) is 11.4 Å². The molecule has 2 aromatic rings. The zero-order valence-corrected chi connectivity index (χ0v) is 19.0. The number of hydrogen-bond donors (Lipinski definition) is 2. The summed E-state index contributed by atoms with van der Waals surface area (Å²) < 4.78 is 10.3. The number of nitrogen functional groups attached to an aromatic ring is 2. The molecule has 0 saturated heterocycles. The van der Waals surface area contributed by atoms with Crippen molar-refractivity contribution in [3.05, 3.63) is 59.7 Å². The fraction of sp³-hybridized carbons (Fsp3) is 0.385. The molecule has 0 atom stereocenters. The topological polar surface area (TPSA) is 139 Å². The van der Waals surface area contributed by atoms with E-state index >= 15 is 0 Å². The van der Waals surface area contributed by atoms with E-state index in [0.29, 0.717) is 37.1 Å². The van der Waals surface area contributed by atoms with Crippen LogP contribution < -0.4 is 11.5 Å². The molecule has 8 heteroatoms. The lowest BCUT2D eigenvalue weighted by molar-refractivity contribution is -0.154. The molecule has 3 rings (SSSR count). The van der Waals surface area contributed by atoms with Crippen LogP contribution in [-0.4, -0.2) is 36.7 Å². The highest BCUT2D eigenvalue weighted by Gasteiger charge is 2.31. The van der Waals surface area contributed by atoms with Crippen molar-refractivity contribution < 1.29 is 28.7 Å². The van der Waals surface area contributed by atoms with Crippen LogP contribution in [0.25, 0.3) is 0 Å². The number of anilines is 2. The Bertz CT molecular complexity index is 925. The molecule has 0 spiro atoms. The smallest absolute Gasteiger partial charge is 0.310 e. The van der Waals surface area contributed by atoms with Gasteiger partial charge in [0.2, 0.25) is 0 Å². The fourth-order valence-electron chi connectivity index (χ4n) is 3.96. The van der Waals surface area contributed by atoms with E-state index in [2.05, 4.69) is 0 Å². The third-order valence-electron chi connectivity index (χ3n) is 5.98. The maximum Gasteiger partial charge on any atom is 0.310 e. The van der Waals surface area contributed by atoms with Gasteiger partial charge in [-0.1, -0.05) is 24.3 Å². The minimum atomic E-state index is -0.473. The molecule has 34 heavy (non-hydrogen) atoms. The van der Waals surface area contributed by atoms with E-state index in [-0.39, 0.29) is 49.5 Å².